The Kier molecular flexibility index (Phi) is 11.1. The van der Waals surface area contributed by atoms with E-state index in [-0.39, 0.29) is 11.5 Å². The molecular formula is C28H38FNO2. The summed E-state index contributed by atoms with van der Waals surface area (Å²) in [6, 6.07) is 6.55. The number of nitrogens with one attached hydrogen (secondary N) is 1. The first-order valence-corrected chi connectivity index (χ1v) is 12.2. The molecule has 0 heterocycles. The molecule has 0 atom stereocenters. The minimum absolute atomic E-state index is 0.102. The summed E-state index contributed by atoms with van der Waals surface area (Å²) in [5.74, 6) is 2.59. The number of hydrogen-bond acceptors (Lipinski definition) is 2. The Balaban J connectivity index is 1.81. The fourth-order valence-electron chi connectivity index (χ4n) is 4.05. The minimum atomic E-state index is -0.464. The number of hydrogen-bond donors (Lipinski definition) is 1. The van der Waals surface area contributed by atoms with Gasteiger partial charge in [0.2, 0.25) is 0 Å². The van der Waals surface area contributed by atoms with E-state index < -0.39 is 11.9 Å². The Morgan fingerprint density at radius 1 is 1.03 bits per heavy atom. The van der Waals surface area contributed by atoms with Gasteiger partial charge in [-0.05, 0) is 41.5 Å². The number of terminal acetylenes is 1. The summed E-state index contributed by atoms with van der Waals surface area (Å²) in [4.78, 5) is 12.2. The van der Waals surface area contributed by atoms with Gasteiger partial charge in [-0.15, -0.1) is 6.42 Å². The molecule has 0 radical (unpaired) electrons. The molecule has 2 aromatic carbocycles. The summed E-state index contributed by atoms with van der Waals surface area (Å²) < 4.78 is 19.7. The lowest BCUT2D eigenvalue weighted by Gasteiger charge is -2.15. The molecule has 2 rings (SSSR count). The first-order chi connectivity index (χ1) is 15.5. The second kappa shape index (κ2) is 13.8. The lowest BCUT2D eigenvalue weighted by Crippen LogP contribution is -2.27. The van der Waals surface area contributed by atoms with Crippen LogP contribution in [-0.4, -0.2) is 12.6 Å². The molecule has 2 aromatic rings. The zero-order chi connectivity index (χ0) is 23.3. The summed E-state index contributed by atoms with van der Waals surface area (Å²) in [6.45, 7) is 6.86. The standard InChI is InChI=1S/C28H38FNO2/c1-5-7-8-9-10-11-12-13-14-15-18-30-28(31)32-23-19-22-16-17-26(29)24(6-2)27(22)25(20-23)21(3)4/h2,16-17,19-21H,5,7-15,18H2,1,3-4H3,(H,30,31). The highest BCUT2D eigenvalue weighted by molar-refractivity contribution is 5.93. The zero-order valence-corrected chi connectivity index (χ0v) is 19.9. The van der Waals surface area contributed by atoms with E-state index in [0.29, 0.717) is 17.7 Å². The molecule has 3 nitrogen and oxygen atoms in total. The summed E-state index contributed by atoms with van der Waals surface area (Å²) in [6.07, 6.45) is 17.6. The van der Waals surface area contributed by atoms with Crippen LogP contribution in [0.4, 0.5) is 9.18 Å². The van der Waals surface area contributed by atoms with Crippen molar-refractivity contribution in [1.29, 1.82) is 0 Å². The monoisotopic (exact) mass is 439 g/mol. The molecule has 0 fully saturated rings. The summed E-state index contributed by atoms with van der Waals surface area (Å²) >= 11 is 0. The minimum Gasteiger partial charge on any atom is -0.410 e. The van der Waals surface area contributed by atoms with Crippen LogP contribution in [0.2, 0.25) is 0 Å². The largest absolute Gasteiger partial charge is 0.412 e. The Bertz CT molecular complexity index is 914. The molecule has 0 saturated heterocycles. The molecule has 4 heteroatoms. The van der Waals surface area contributed by atoms with Gasteiger partial charge in [-0.1, -0.05) is 90.5 Å². The number of amides is 1. The third kappa shape index (κ3) is 7.86. The molecule has 0 spiro atoms. The van der Waals surface area contributed by atoms with Gasteiger partial charge in [-0.3, -0.25) is 0 Å². The molecule has 0 unspecified atom stereocenters. The van der Waals surface area contributed by atoms with E-state index >= 15 is 0 Å². The maximum Gasteiger partial charge on any atom is 0.412 e. The van der Waals surface area contributed by atoms with Crippen LogP contribution >= 0.6 is 0 Å². The van der Waals surface area contributed by atoms with E-state index in [1.165, 1.54) is 57.4 Å². The van der Waals surface area contributed by atoms with Crippen molar-refractivity contribution in [2.24, 2.45) is 0 Å². The highest BCUT2D eigenvalue weighted by Gasteiger charge is 2.15. The van der Waals surface area contributed by atoms with Crippen LogP contribution in [0, 0.1) is 18.2 Å². The number of halogens is 1. The highest BCUT2D eigenvalue weighted by atomic mass is 19.1. The van der Waals surface area contributed by atoms with Crippen LogP contribution in [0.15, 0.2) is 24.3 Å². The number of carbonyl (C=O) groups is 1. The normalized spacial score (nSPS) is 11.0. The van der Waals surface area contributed by atoms with Crippen LogP contribution in [0.25, 0.3) is 10.8 Å². The SMILES string of the molecule is C#Cc1c(F)ccc2cc(OC(=O)NCCCCCCCCCCCC)cc(C(C)C)c12. The van der Waals surface area contributed by atoms with Crippen molar-refractivity contribution in [2.45, 2.75) is 90.9 Å². The van der Waals surface area contributed by atoms with Crippen LogP contribution in [-0.2, 0) is 0 Å². The van der Waals surface area contributed by atoms with Crippen molar-refractivity contribution in [3.63, 3.8) is 0 Å². The molecular weight excluding hydrogens is 401 g/mol. The molecule has 1 N–H and O–H groups in total. The van der Waals surface area contributed by atoms with Gasteiger partial charge >= 0.3 is 6.09 Å². The molecule has 0 aromatic heterocycles. The third-order valence-electron chi connectivity index (χ3n) is 5.85. The van der Waals surface area contributed by atoms with Crippen LogP contribution < -0.4 is 10.1 Å². The van der Waals surface area contributed by atoms with Crippen molar-refractivity contribution in [3.05, 3.63) is 41.2 Å². The van der Waals surface area contributed by atoms with Gasteiger partial charge in [0.15, 0.2) is 0 Å². The number of rotatable bonds is 13. The van der Waals surface area contributed by atoms with E-state index in [2.05, 4.69) is 18.2 Å². The van der Waals surface area contributed by atoms with Gasteiger partial charge in [-0.2, -0.15) is 0 Å². The fraction of sp³-hybridized carbons (Fsp3) is 0.536. The lowest BCUT2D eigenvalue weighted by atomic mass is 9.92. The Morgan fingerprint density at radius 3 is 2.25 bits per heavy atom. The van der Waals surface area contributed by atoms with E-state index in [9.17, 15) is 9.18 Å². The maximum atomic E-state index is 14.2. The van der Waals surface area contributed by atoms with Crippen LogP contribution in [0.3, 0.4) is 0 Å². The number of carbonyl (C=O) groups excluding carboxylic acids is 1. The van der Waals surface area contributed by atoms with Gasteiger partial charge in [-0.25, -0.2) is 9.18 Å². The highest BCUT2D eigenvalue weighted by Crippen LogP contribution is 2.33. The van der Waals surface area contributed by atoms with Crippen molar-refractivity contribution in [3.8, 4) is 18.1 Å². The first kappa shape index (κ1) is 25.7. The number of benzene rings is 2. The maximum absolute atomic E-state index is 14.2. The van der Waals surface area contributed by atoms with E-state index in [4.69, 9.17) is 11.2 Å². The van der Waals surface area contributed by atoms with E-state index in [1.807, 2.05) is 13.8 Å². The molecule has 174 valence electrons. The summed E-state index contributed by atoms with van der Waals surface area (Å²) in [7, 11) is 0. The number of ether oxygens (including phenoxy) is 1. The van der Waals surface area contributed by atoms with Gasteiger partial charge in [0.05, 0.1) is 5.56 Å². The van der Waals surface area contributed by atoms with Crippen molar-refractivity contribution in [2.75, 3.05) is 6.54 Å². The quantitative estimate of drug-likeness (QED) is 0.253. The molecule has 32 heavy (non-hydrogen) atoms. The molecule has 0 aliphatic carbocycles. The van der Waals surface area contributed by atoms with Crippen molar-refractivity contribution in [1.82, 2.24) is 5.32 Å². The second-order valence-corrected chi connectivity index (χ2v) is 8.83. The molecule has 0 aliphatic heterocycles. The lowest BCUT2D eigenvalue weighted by molar-refractivity contribution is 0.200. The third-order valence-corrected chi connectivity index (χ3v) is 5.85. The van der Waals surface area contributed by atoms with Crippen molar-refractivity contribution < 1.29 is 13.9 Å². The van der Waals surface area contributed by atoms with Crippen molar-refractivity contribution >= 4 is 16.9 Å². The zero-order valence-electron chi connectivity index (χ0n) is 19.9. The molecule has 0 bridgehead atoms. The Morgan fingerprint density at radius 2 is 1.66 bits per heavy atom. The van der Waals surface area contributed by atoms with Gasteiger partial charge in [0, 0.05) is 11.9 Å². The van der Waals surface area contributed by atoms with Crippen LogP contribution in [0.1, 0.15) is 102 Å². The predicted molar refractivity (Wildman–Crippen MR) is 132 cm³/mol. The number of fused-ring (bicyclic) bond motifs is 1. The fourth-order valence-corrected chi connectivity index (χ4v) is 4.05. The van der Waals surface area contributed by atoms with E-state index in [1.54, 1.807) is 18.2 Å². The number of unbranched alkanes of at least 4 members (excludes halogenated alkanes) is 9. The average Bonchev–Trinajstić information content (AvgIpc) is 2.77. The van der Waals surface area contributed by atoms with Gasteiger partial charge < -0.3 is 10.1 Å². The topological polar surface area (TPSA) is 38.3 Å². The van der Waals surface area contributed by atoms with Crippen LogP contribution in [0.5, 0.6) is 5.75 Å². The summed E-state index contributed by atoms with van der Waals surface area (Å²) in [5, 5.41) is 4.31. The smallest absolute Gasteiger partial charge is 0.410 e. The summed E-state index contributed by atoms with van der Waals surface area (Å²) in [5.41, 5.74) is 1.12. The molecule has 0 aliphatic rings. The predicted octanol–water partition coefficient (Wildman–Crippen LogP) is 8.09. The van der Waals surface area contributed by atoms with Gasteiger partial charge in [0.25, 0.3) is 0 Å². The first-order valence-electron chi connectivity index (χ1n) is 12.2. The average molecular weight is 440 g/mol. The molecule has 0 saturated carbocycles. The second-order valence-electron chi connectivity index (χ2n) is 8.83. The Hall–Kier alpha value is -2.54. The van der Waals surface area contributed by atoms with E-state index in [0.717, 1.165) is 23.8 Å². The van der Waals surface area contributed by atoms with Gasteiger partial charge in [0.1, 0.15) is 11.6 Å². The Labute approximate surface area is 193 Å². The molecule has 1 amide bonds.